The molecule has 0 aromatic heterocycles. The van der Waals surface area contributed by atoms with E-state index in [0.717, 1.165) is 113 Å². The van der Waals surface area contributed by atoms with Gasteiger partial charge in [-0.1, -0.05) is 247 Å². The number of unbranched alkanes of at least 4 members (excludes halogenated alkanes) is 10. The molecule has 0 aliphatic heterocycles. The third kappa shape index (κ3) is 9.73. The number of hydrogen-bond acceptors (Lipinski definition) is 0. The Morgan fingerprint density at radius 2 is 0.500 bits per heavy atom. The quantitative estimate of drug-likeness (QED) is 0.0578. The highest BCUT2D eigenvalue weighted by Crippen LogP contribution is 2.38. The van der Waals surface area contributed by atoms with Crippen LogP contribution in [0.25, 0.3) is 86.2 Å². The van der Waals surface area contributed by atoms with E-state index in [1.165, 1.54) is 118 Å². The second kappa shape index (κ2) is 22.7. The Hall–Kier alpha value is -9.04. The molecule has 0 saturated carbocycles. The summed E-state index contributed by atoms with van der Waals surface area (Å²) in [6.07, 6.45) is 17.0. The fraction of sp³-hybridized carbons (Fsp3) is 0.200. The molecule has 0 heteroatoms. The molecule has 0 spiro atoms. The van der Waals surface area contributed by atoms with Crippen LogP contribution in [-0.2, 0) is 12.8 Å². The lowest BCUT2D eigenvalue weighted by Gasteiger charge is -2.14. The van der Waals surface area contributed by atoms with E-state index in [1.807, 2.05) is 0 Å². The Bertz CT molecular complexity index is 4350. The smallest absolute Gasteiger partial charge is 0.0406 e. The minimum Gasteiger partial charge on any atom is -0.0654 e. The second-order valence-electron chi connectivity index (χ2n) is 22.1. The van der Waals surface area contributed by atoms with E-state index in [2.05, 4.69) is 243 Å². The lowest BCUT2D eigenvalue weighted by molar-refractivity contribution is 0.609. The molecule has 0 heterocycles. The van der Waals surface area contributed by atoms with Gasteiger partial charge in [-0.3, -0.25) is 0 Å². The molecule has 0 atom stereocenters. The summed E-state index contributed by atoms with van der Waals surface area (Å²) in [7, 11) is 0. The van der Waals surface area contributed by atoms with Crippen LogP contribution in [0.1, 0.15) is 147 Å². The Labute approximate surface area is 472 Å². The summed E-state index contributed by atoms with van der Waals surface area (Å²) in [5.41, 5.74) is 11.0. The van der Waals surface area contributed by atoms with Gasteiger partial charge in [0.1, 0.15) is 0 Å². The fourth-order valence-electron chi connectivity index (χ4n) is 12.8. The molecule has 0 N–H and O–H groups in total. The van der Waals surface area contributed by atoms with E-state index in [9.17, 15) is 0 Å². The summed E-state index contributed by atoms with van der Waals surface area (Å²) in [6.45, 7) is 4.58. The lowest BCUT2D eigenvalue weighted by atomic mass is 9.89. The molecule has 0 nitrogen and oxygen atoms in total. The second-order valence-corrected chi connectivity index (χ2v) is 22.1. The maximum absolute atomic E-state index is 3.83. The molecular weight excluding hydrogens is 961 g/mol. The first-order chi connectivity index (χ1) is 39.6. The molecular formula is C80H64. The Morgan fingerprint density at radius 3 is 0.838 bits per heavy atom. The molecule has 0 amide bonds. The predicted molar refractivity (Wildman–Crippen MR) is 344 cm³/mol. The van der Waals surface area contributed by atoms with E-state index in [-0.39, 0.29) is 0 Å². The summed E-state index contributed by atoms with van der Waals surface area (Å²) in [5, 5.41) is 18.8. The molecule has 0 radical (unpaired) electrons. The SMILES string of the molecule is CCCCCCCCc1c2cccc3c2cc2c(cccc12)C#Cc1c2ccccc2c(c2ccccc12)C#Cc1cccc2c(CCCCCCCC)c4cccc(c4cc12)C#Cc1cccc2cc4c(cccc4cc12)C#C3. The third-order valence-corrected chi connectivity index (χ3v) is 17.0. The summed E-state index contributed by atoms with van der Waals surface area (Å²) >= 11 is 0. The molecule has 12 aromatic rings. The van der Waals surface area contributed by atoms with Crippen molar-refractivity contribution in [3.63, 3.8) is 0 Å². The summed E-state index contributed by atoms with van der Waals surface area (Å²) < 4.78 is 0. The van der Waals surface area contributed by atoms with Crippen LogP contribution < -0.4 is 0 Å². The van der Waals surface area contributed by atoms with Crippen LogP contribution in [0.4, 0.5) is 0 Å². The Kier molecular flexibility index (Phi) is 14.3. The highest BCUT2D eigenvalue weighted by Gasteiger charge is 2.17. The van der Waals surface area contributed by atoms with Crippen LogP contribution >= 0.6 is 0 Å². The molecule has 0 unspecified atom stereocenters. The van der Waals surface area contributed by atoms with Crippen LogP contribution in [-0.4, -0.2) is 0 Å². The molecule has 384 valence electrons. The number of rotatable bonds is 14. The maximum Gasteiger partial charge on any atom is 0.0406 e. The van der Waals surface area contributed by atoms with E-state index in [4.69, 9.17) is 0 Å². The van der Waals surface area contributed by atoms with Gasteiger partial charge in [-0.25, -0.2) is 0 Å². The summed E-state index contributed by atoms with van der Waals surface area (Å²) in [4.78, 5) is 0. The van der Waals surface area contributed by atoms with Crippen molar-refractivity contribution in [2.24, 2.45) is 0 Å². The normalized spacial score (nSPS) is 11.8. The van der Waals surface area contributed by atoms with Crippen molar-refractivity contribution in [2.45, 2.75) is 104 Å². The molecule has 80 heavy (non-hydrogen) atoms. The van der Waals surface area contributed by atoms with Crippen molar-refractivity contribution >= 4 is 86.2 Å². The van der Waals surface area contributed by atoms with Crippen LogP contribution in [0.2, 0.25) is 0 Å². The first kappa shape index (κ1) is 50.5. The monoisotopic (exact) mass is 1020 g/mol. The molecule has 12 bridgehead atoms. The van der Waals surface area contributed by atoms with Crippen LogP contribution in [0.3, 0.4) is 0 Å². The van der Waals surface area contributed by atoms with Crippen molar-refractivity contribution in [3.05, 3.63) is 238 Å². The van der Waals surface area contributed by atoms with E-state index < -0.39 is 0 Å². The van der Waals surface area contributed by atoms with Crippen LogP contribution in [0.5, 0.6) is 0 Å². The van der Waals surface area contributed by atoms with Crippen molar-refractivity contribution in [1.82, 2.24) is 0 Å². The average Bonchev–Trinajstić information content (AvgIpc) is 3.62. The first-order valence-electron chi connectivity index (χ1n) is 29.5. The molecule has 0 saturated heterocycles. The van der Waals surface area contributed by atoms with Crippen molar-refractivity contribution in [1.29, 1.82) is 0 Å². The minimum absolute atomic E-state index is 1.00. The largest absolute Gasteiger partial charge is 0.0654 e. The van der Waals surface area contributed by atoms with Gasteiger partial charge in [0, 0.05) is 44.5 Å². The number of benzene rings is 12. The first-order valence-corrected chi connectivity index (χ1v) is 29.5. The molecule has 4 aliphatic rings. The molecule has 4 aliphatic carbocycles. The molecule has 0 fully saturated rings. The zero-order valence-electron chi connectivity index (χ0n) is 46.2. The molecule has 12 aromatic carbocycles. The lowest BCUT2D eigenvalue weighted by Crippen LogP contribution is -1.95. The average molecular weight is 1030 g/mol. The number of hydrogen-bond donors (Lipinski definition) is 0. The van der Waals surface area contributed by atoms with Crippen LogP contribution in [0, 0.1) is 47.4 Å². The van der Waals surface area contributed by atoms with Gasteiger partial charge in [-0.15, -0.1) is 0 Å². The number of aryl methyl sites for hydroxylation is 2. The van der Waals surface area contributed by atoms with E-state index in [1.54, 1.807) is 0 Å². The Balaban J connectivity index is 1.06. The summed E-state index contributed by atoms with van der Waals surface area (Å²) in [6, 6.07) is 66.8. The van der Waals surface area contributed by atoms with Gasteiger partial charge in [0.2, 0.25) is 0 Å². The fourth-order valence-corrected chi connectivity index (χ4v) is 12.8. The highest BCUT2D eigenvalue weighted by molar-refractivity contribution is 6.12. The minimum atomic E-state index is 1.00. The van der Waals surface area contributed by atoms with Gasteiger partial charge in [0.15, 0.2) is 0 Å². The Morgan fingerprint density at radius 1 is 0.225 bits per heavy atom. The third-order valence-electron chi connectivity index (χ3n) is 17.0. The van der Waals surface area contributed by atoms with Crippen molar-refractivity contribution < 1.29 is 0 Å². The van der Waals surface area contributed by atoms with Gasteiger partial charge in [0.05, 0.1) is 0 Å². The molecule has 16 rings (SSSR count). The van der Waals surface area contributed by atoms with Gasteiger partial charge in [0.25, 0.3) is 0 Å². The van der Waals surface area contributed by atoms with E-state index in [0.29, 0.717) is 0 Å². The van der Waals surface area contributed by atoms with Gasteiger partial charge < -0.3 is 0 Å². The van der Waals surface area contributed by atoms with Crippen LogP contribution in [0.15, 0.2) is 182 Å². The zero-order valence-corrected chi connectivity index (χ0v) is 46.2. The summed E-state index contributed by atoms with van der Waals surface area (Å²) in [5.74, 6) is 30.2. The predicted octanol–water partition coefficient (Wildman–Crippen LogP) is 20.6. The van der Waals surface area contributed by atoms with Gasteiger partial charge in [-0.05, 0) is 184 Å². The zero-order chi connectivity index (χ0) is 53.8. The maximum atomic E-state index is 3.83. The van der Waals surface area contributed by atoms with Crippen molar-refractivity contribution in [3.8, 4) is 47.4 Å². The van der Waals surface area contributed by atoms with Gasteiger partial charge >= 0.3 is 0 Å². The van der Waals surface area contributed by atoms with E-state index >= 15 is 0 Å². The van der Waals surface area contributed by atoms with Crippen molar-refractivity contribution in [2.75, 3.05) is 0 Å². The standard InChI is InChI=1S/C80H64/c1-3-5-7-9-11-13-33-67-69-39-21-27-57-45-43-55-25-19-31-61-52-76-56(26-20-32-62(76)51-75(55)61)44-46-58-28-22-40-70-68(34-14-12-10-8-6-4-2)72-42-24-30-60(80(72)54-78(58)70)48-50-74-65-37-17-15-35-63(65)73(64-36-16-18-38-66(64)74)49-47-59-29-23-41-71(67)79(59)53-77(57)69/h15-32,35-42,51-54H,3-14,33-34H2,1-2H3. The highest BCUT2D eigenvalue weighted by atomic mass is 14.2. The van der Waals surface area contributed by atoms with Gasteiger partial charge in [-0.2, -0.15) is 0 Å². The topological polar surface area (TPSA) is 0 Å².